The number of esters is 1. The number of nitrogens with zero attached hydrogens (tertiary/aromatic N) is 2. The van der Waals surface area contributed by atoms with Gasteiger partial charge in [0.2, 0.25) is 0 Å². The molecule has 0 radical (unpaired) electrons. The summed E-state index contributed by atoms with van der Waals surface area (Å²) < 4.78 is 4.64. The van der Waals surface area contributed by atoms with E-state index in [-0.39, 0.29) is 5.91 Å². The van der Waals surface area contributed by atoms with E-state index in [4.69, 9.17) is 0 Å². The molecule has 1 aliphatic heterocycles. The van der Waals surface area contributed by atoms with Gasteiger partial charge in [-0.15, -0.1) is 11.3 Å². The van der Waals surface area contributed by atoms with Crippen LogP contribution in [0.15, 0.2) is 24.3 Å². The minimum atomic E-state index is -0.450. The molecule has 1 amide bonds. The van der Waals surface area contributed by atoms with E-state index in [1.807, 2.05) is 7.05 Å². The van der Waals surface area contributed by atoms with Gasteiger partial charge in [0.1, 0.15) is 11.1 Å². The zero-order chi connectivity index (χ0) is 18.0. The molecule has 25 heavy (non-hydrogen) atoms. The van der Waals surface area contributed by atoms with E-state index in [0.29, 0.717) is 21.7 Å². The molecule has 7 heteroatoms. The number of anilines is 1. The summed E-state index contributed by atoms with van der Waals surface area (Å²) in [6, 6.07) is 8.44. The first-order valence-electron chi connectivity index (χ1n) is 7.76. The molecule has 3 rings (SSSR count). The number of rotatable bonds is 3. The van der Waals surface area contributed by atoms with Crippen molar-refractivity contribution in [3.05, 3.63) is 51.4 Å². The lowest BCUT2D eigenvalue weighted by Crippen LogP contribution is -2.25. The summed E-state index contributed by atoms with van der Waals surface area (Å²) in [6.45, 7) is 1.69. The van der Waals surface area contributed by atoms with Gasteiger partial charge in [0.15, 0.2) is 0 Å². The van der Waals surface area contributed by atoms with Gasteiger partial charge in [-0.3, -0.25) is 4.79 Å². The Bertz CT molecular complexity index is 865. The van der Waals surface area contributed by atoms with Crippen molar-refractivity contribution in [1.29, 1.82) is 5.26 Å². The third kappa shape index (κ3) is 3.40. The summed E-state index contributed by atoms with van der Waals surface area (Å²) in [4.78, 5) is 27.2. The Kier molecular flexibility index (Phi) is 4.83. The molecule has 1 aliphatic rings. The number of methoxy groups -OCH3 is 1. The number of nitriles is 1. The second-order valence-electron chi connectivity index (χ2n) is 5.83. The lowest BCUT2D eigenvalue weighted by atomic mass is 10.0. The molecular formula is C18H17N3O3S. The van der Waals surface area contributed by atoms with Crippen molar-refractivity contribution in [2.45, 2.75) is 13.0 Å². The highest BCUT2D eigenvalue weighted by Crippen LogP contribution is 2.36. The van der Waals surface area contributed by atoms with Crippen LogP contribution in [0.2, 0.25) is 0 Å². The number of hydrogen-bond acceptors (Lipinski definition) is 6. The Morgan fingerprint density at radius 2 is 1.96 bits per heavy atom. The highest BCUT2D eigenvalue weighted by atomic mass is 32.1. The van der Waals surface area contributed by atoms with Crippen LogP contribution in [-0.4, -0.2) is 37.5 Å². The molecule has 1 N–H and O–H groups in total. The maximum atomic E-state index is 12.5. The molecule has 0 spiro atoms. The Hall–Kier alpha value is -2.69. The fraction of sp³-hybridized carbons (Fsp3) is 0.278. The summed E-state index contributed by atoms with van der Waals surface area (Å²) >= 11 is 1.45. The largest absolute Gasteiger partial charge is 0.465 e. The number of ether oxygens (including phenoxy) is 1. The minimum absolute atomic E-state index is 0.306. The topological polar surface area (TPSA) is 82.4 Å². The van der Waals surface area contributed by atoms with Gasteiger partial charge in [-0.05, 0) is 43.3 Å². The fourth-order valence-corrected chi connectivity index (χ4v) is 4.06. The molecule has 2 aromatic rings. The summed E-state index contributed by atoms with van der Waals surface area (Å²) in [5.41, 5.74) is 2.40. The number of amides is 1. The molecule has 0 atom stereocenters. The van der Waals surface area contributed by atoms with Crippen LogP contribution < -0.4 is 5.32 Å². The lowest BCUT2D eigenvalue weighted by molar-refractivity contribution is 0.0600. The Morgan fingerprint density at radius 1 is 1.28 bits per heavy atom. The average Bonchev–Trinajstić information content (AvgIpc) is 2.96. The number of nitrogens with one attached hydrogen (secondary N) is 1. The van der Waals surface area contributed by atoms with Gasteiger partial charge in [0.25, 0.3) is 5.91 Å². The Labute approximate surface area is 149 Å². The van der Waals surface area contributed by atoms with Crippen molar-refractivity contribution >= 4 is 28.2 Å². The molecule has 2 heterocycles. The number of carbonyl (C=O) groups is 2. The summed E-state index contributed by atoms with van der Waals surface area (Å²) in [6.07, 6.45) is 0.814. The molecule has 128 valence electrons. The number of hydrogen-bond donors (Lipinski definition) is 1. The predicted octanol–water partition coefficient (Wildman–Crippen LogP) is 2.65. The highest BCUT2D eigenvalue weighted by Gasteiger charge is 2.24. The van der Waals surface area contributed by atoms with E-state index in [1.54, 1.807) is 24.3 Å². The van der Waals surface area contributed by atoms with E-state index in [1.165, 1.54) is 18.4 Å². The second kappa shape index (κ2) is 7.05. The average molecular weight is 355 g/mol. The van der Waals surface area contributed by atoms with Crippen LogP contribution in [0, 0.1) is 11.3 Å². The number of likely N-dealkylation sites (N-methyl/N-ethyl adjacent to an activating group) is 1. The van der Waals surface area contributed by atoms with Crippen molar-refractivity contribution < 1.29 is 14.3 Å². The monoisotopic (exact) mass is 355 g/mol. The van der Waals surface area contributed by atoms with Crippen molar-refractivity contribution in [2.24, 2.45) is 0 Å². The Morgan fingerprint density at radius 3 is 2.60 bits per heavy atom. The first-order chi connectivity index (χ1) is 12.0. The van der Waals surface area contributed by atoms with Gasteiger partial charge in [-0.25, -0.2) is 4.79 Å². The van der Waals surface area contributed by atoms with Crippen molar-refractivity contribution in [1.82, 2.24) is 4.90 Å². The van der Waals surface area contributed by atoms with E-state index in [2.05, 4.69) is 21.0 Å². The van der Waals surface area contributed by atoms with Crippen molar-refractivity contribution in [3.63, 3.8) is 0 Å². The van der Waals surface area contributed by atoms with Crippen LogP contribution in [0.1, 0.15) is 36.7 Å². The zero-order valence-electron chi connectivity index (χ0n) is 14.0. The van der Waals surface area contributed by atoms with E-state index in [9.17, 15) is 14.9 Å². The molecular weight excluding hydrogens is 338 g/mol. The summed E-state index contributed by atoms with van der Waals surface area (Å²) in [5.74, 6) is -0.756. The second-order valence-corrected chi connectivity index (χ2v) is 6.94. The van der Waals surface area contributed by atoms with Crippen molar-refractivity contribution in [2.75, 3.05) is 26.0 Å². The van der Waals surface area contributed by atoms with Gasteiger partial charge < -0.3 is 15.0 Å². The van der Waals surface area contributed by atoms with Crippen LogP contribution in [0.4, 0.5) is 5.00 Å². The molecule has 0 aliphatic carbocycles. The van der Waals surface area contributed by atoms with Crippen LogP contribution in [0.3, 0.4) is 0 Å². The third-order valence-corrected chi connectivity index (χ3v) is 5.29. The van der Waals surface area contributed by atoms with Crippen molar-refractivity contribution in [3.8, 4) is 6.07 Å². The first-order valence-corrected chi connectivity index (χ1v) is 8.58. The predicted molar refractivity (Wildman–Crippen MR) is 94.8 cm³/mol. The fourth-order valence-electron chi connectivity index (χ4n) is 2.79. The first kappa shape index (κ1) is 17.1. The maximum absolute atomic E-state index is 12.5. The van der Waals surface area contributed by atoms with Gasteiger partial charge in [0.05, 0.1) is 18.2 Å². The standard InChI is InChI=1S/C18H17N3O3S/c1-21-8-7-13-14(9-19)17(25-15(13)10-21)20-16(22)11-3-5-12(6-4-11)18(23)24-2/h3-6H,7-8,10H2,1-2H3,(H,20,22). The number of benzene rings is 1. The van der Waals surface area contributed by atoms with Crippen LogP contribution >= 0.6 is 11.3 Å². The third-order valence-electron chi connectivity index (χ3n) is 4.15. The van der Waals surface area contributed by atoms with E-state index >= 15 is 0 Å². The molecule has 0 saturated heterocycles. The van der Waals surface area contributed by atoms with Gasteiger partial charge in [-0.1, -0.05) is 0 Å². The SMILES string of the molecule is COC(=O)c1ccc(C(=O)Nc2sc3c(c2C#N)CCN(C)C3)cc1. The normalized spacial score (nSPS) is 13.6. The summed E-state index contributed by atoms with van der Waals surface area (Å²) in [5, 5.41) is 12.9. The molecule has 0 unspecified atom stereocenters. The highest BCUT2D eigenvalue weighted by molar-refractivity contribution is 7.16. The zero-order valence-corrected chi connectivity index (χ0v) is 14.8. The smallest absolute Gasteiger partial charge is 0.337 e. The van der Waals surface area contributed by atoms with E-state index < -0.39 is 5.97 Å². The molecule has 6 nitrogen and oxygen atoms in total. The maximum Gasteiger partial charge on any atom is 0.337 e. The van der Waals surface area contributed by atoms with Crippen LogP contribution in [0.25, 0.3) is 0 Å². The van der Waals surface area contributed by atoms with Crippen LogP contribution in [0.5, 0.6) is 0 Å². The molecule has 0 bridgehead atoms. The molecule has 1 aromatic heterocycles. The lowest BCUT2D eigenvalue weighted by Gasteiger charge is -2.21. The number of thiophene rings is 1. The van der Waals surface area contributed by atoms with E-state index in [0.717, 1.165) is 30.0 Å². The van der Waals surface area contributed by atoms with Crippen LogP contribution in [-0.2, 0) is 17.7 Å². The van der Waals surface area contributed by atoms with Gasteiger partial charge in [0, 0.05) is 23.5 Å². The minimum Gasteiger partial charge on any atom is -0.465 e. The van der Waals surface area contributed by atoms with Gasteiger partial charge >= 0.3 is 5.97 Å². The summed E-state index contributed by atoms with van der Waals surface area (Å²) in [7, 11) is 3.35. The number of fused-ring (bicyclic) bond motifs is 1. The number of carbonyl (C=O) groups excluding carboxylic acids is 2. The molecule has 1 aromatic carbocycles. The Balaban J connectivity index is 1.82. The van der Waals surface area contributed by atoms with Gasteiger partial charge in [-0.2, -0.15) is 5.26 Å². The molecule has 0 fully saturated rings. The molecule has 0 saturated carbocycles. The quantitative estimate of drug-likeness (QED) is 0.856.